The van der Waals surface area contributed by atoms with Crippen LogP contribution in [0.4, 0.5) is 0 Å². The van der Waals surface area contributed by atoms with Crippen molar-refractivity contribution in [1.82, 2.24) is 0 Å². The maximum Gasteiger partial charge on any atom is 0.303 e. The topological polar surface area (TPSA) is 76.0 Å². The monoisotopic (exact) mass is 470 g/mol. The number of carboxylic acid groups (broad SMARTS) is 1. The molecule has 1 saturated heterocycles. The van der Waals surface area contributed by atoms with E-state index in [1.807, 2.05) is 6.07 Å². The van der Waals surface area contributed by atoms with Gasteiger partial charge in [-0.2, -0.15) is 0 Å². The van der Waals surface area contributed by atoms with Crippen molar-refractivity contribution in [3.8, 4) is 0 Å². The van der Waals surface area contributed by atoms with E-state index in [1.54, 1.807) is 0 Å². The average molecular weight is 471 g/mol. The summed E-state index contributed by atoms with van der Waals surface area (Å²) in [4.78, 5) is 10.7. The Hall–Kier alpha value is -1.95. The van der Waals surface area contributed by atoms with Crippen molar-refractivity contribution < 1.29 is 24.5 Å². The Morgan fingerprint density at radius 1 is 1.24 bits per heavy atom. The van der Waals surface area contributed by atoms with Crippen LogP contribution in [-0.4, -0.2) is 41.3 Å². The van der Waals surface area contributed by atoms with E-state index in [0.29, 0.717) is 18.3 Å². The zero-order valence-electron chi connectivity index (χ0n) is 20.6. The maximum absolute atomic E-state index is 10.7. The first-order valence-electron chi connectivity index (χ1n) is 13.1. The number of hydrogen-bond acceptors (Lipinski definition) is 4. The van der Waals surface area contributed by atoms with Crippen LogP contribution in [0, 0.1) is 17.8 Å². The number of aliphatic hydroxyl groups is 1. The summed E-state index contributed by atoms with van der Waals surface area (Å²) < 4.78 is 12.2. The molecule has 1 aliphatic carbocycles. The number of ether oxygens (including phenoxy) is 2. The van der Waals surface area contributed by atoms with Gasteiger partial charge in [0, 0.05) is 13.0 Å². The molecule has 1 aromatic carbocycles. The molecule has 0 spiro atoms. The quantitative estimate of drug-likeness (QED) is 0.276. The average Bonchev–Trinajstić information content (AvgIpc) is 3.11. The fraction of sp³-hybridized carbons (Fsp3) is 0.621. The van der Waals surface area contributed by atoms with Crippen LogP contribution in [0.3, 0.4) is 0 Å². The zero-order chi connectivity index (χ0) is 24.2. The molecule has 1 saturated carbocycles. The SMILES string of the molecule is C[C@@H]1C[C@H](O)[C@H](C/C=C\CCCC(=O)O)[C@H]1/C=C/[C@H](CCc1ccccc1)OC1CCCCO1. The van der Waals surface area contributed by atoms with Crippen LogP contribution in [0.5, 0.6) is 0 Å². The summed E-state index contributed by atoms with van der Waals surface area (Å²) in [7, 11) is 0. The van der Waals surface area contributed by atoms with E-state index in [2.05, 4.69) is 55.5 Å². The fourth-order valence-electron chi connectivity index (χ4n) is 5.21. The van der Waals surface area contributed by atoms with Gasteiger partial charge in [0.05, 0.1) is 12.2 Å². The number of carbonyl (C=O) groups is 1. The summed E-state index contributed by atoms with van der Waals surface area (Å²) in [5, 5.41) is 19.5. The van der Waals surface area contributed by atoms with Crippen LogP contribution in [0.25, 0.3) is 0 Å². The highest BCUT2D eigenvalue weighted by Crippen LogP contribution is 2.40. The number of allylic oxidation sites excluding steroid dienone is 3. The van der Waals surface area contributed by atoms with Crippen molar-refractivity contribution in [3.05, 3.63) is 60.2 Å². The molecule has 0 radical (unpaired) electrons. The molecule has 1 heterocycles. The molecular weight excluding hydrogens is 428 g/mol. The van der Waals surface area contributed by atoms with E-state index in [9.17, 15) is 9.90 Å². The van der Waals surface area contributed by atoms with Crippen LogP contribution in [0.15, 0.2) is 54.6 Å². The van der Waals surface area contributed by atoms with Crippen LogP contribution in [-0.2, 0) is 20.7 Å². The summed E-state index contributed by atoms with van der Waals surface area (Å²) >= 11 is 0. The molecule has 2 aliphatic rings. The molecule has 0 amide bonds. The summed E-state index contributed by atoms with van der Waals surface area (Å²) in [6.07, 6.45) is 16.5. The Morgan fingerprint density at radius 2 is 2.06 bits per heavy atom. The van der Waals surface area contributed by atoms with Crippen LogP contribution < -0.4 is 0 Å². The molecular formula is C29H42O5. The highest BCUT2D eigenvalue weighted by atomic mass is 16.7. The molecule has 1 unspecified atom stereocenters. The first-order chi connectivity index (χ1) is 16.5. The highest BCUT2D eigenvalue weighted by Gasteiger charge is 2.38. The predicted molar refractivity (Wildman–Crippen MR) is 134 cm³/mol. The third-order valence-electron chi connectivity index (χ3n) is 7.17. The molecule has 6 atom stereocenters. The van der Waals surface area contributed by atoms with Gasteiger partial charge in [0.1, 0.15) is 0 Å². The molecule has 3 rings (SSSR count). The third-order valence-corrected chi connectivity index (χ3v) is 7.17. The van der Waals surface area contributed by atoms with Gasteiger partial charge in [0.2, 0.25) is 0 Å². The van der Waals surface area contributed by atoms with Gasteiger partial charge in [0.25, 0.3) is 0 Å². The maximum atomic E-state index is 10.7. The van der Waals surface area contributed by atoms with E-state index in [4.69, 9.17) is 14.6 Å². The number of unbranched alkanes of at least 4 members (excludes halogenated alkanes) is 1. The van der Waals surface area contributed by atoms with Gasteiger partial charge in [-0.15, -0.1) is 0 Å². The number of carboxylic acids is 1. The van der Waals surface area contributed by atoms with Crippen LogP contribution in [0.1, 0.15) is 70.3 Å². The van der Waals surface area contributed by atoms with E-state index in [1.165, 1.54) is 5.56 Å². The third kappa shape index (κ3) is 9.01. The lowest BCUT2D eigenvalue weighted by molar-refractivity contribution is -0.179. The number of aliphatic hydroxyl groups excluding tert-OH is 1. The van der Waals surface area contributed by atoms with Crippen LogP contribution >= 0.6 is 0 Å². The first-order valence-corrected chi connectivity index (χ1v) is 13.1. The molecule has 188 valence electrons. The Bertz CT molecular complexity index is 768. The zero-order valence-corrected chi connectivity index (χ0v) is 20.6. The van der Waals surface area contributed by atoms with E-state index in [-0.39, 0.29) is 30.8 Å². The Balaban J connectivity index is 1.60. The van der Waals surface area contributed by atoms with Crippen molar-refractivity contribution >= 4 is 5.97 Å². The largest absolute Gasteiger partial charge is 0.481 e. The first kappa shape index (κ1) is 26.7. The number of rotatable bonds is 13. The summed E-state index contributed by atoms with van der Waals surface area (Å²) in [6.45, 7) is 2.99. The standard InChI is InChI=1S/C29H42O5/c1-22-21-27(30)26(13-7-2-3-8-14-28(31)32)25(22)19-18-24(34-29-15-9-10-20-33-29)17-16-23-11-5-4-6-12-23/h2,4-7,11-12,18-19,22,24-27,29-30H,3,8-10,13-17,20-21H2,1H3,(H,31,32)/b7-2-,19-18+/t22-,24+,25+,26-,27+,29?/m1/s1. The van der Waals surface area contributed by atoms with Gasteiger partial charge in [0.15, 0.2) is 6.29 Å². The molecule has 0 aromatic heterocycles. The van der Waals surface area contributed by atoms with Crippen molar-refractivity contribution in [1.29, 1.82) is 0 Å². The number of aliphatic carboxylic acids is 1. The molecule has 1 aromatic rings. The second kappa shape index (κ2) is 14.4. The Labute approximate surface area is 204 Å². The predicted octanol–water partition coefficient (Wildman–Crippen LogP) is 5.92. The minimum atomic E-state index is -0.749. The van der Waals surface area contributed by atoms with Gasteiger partial charge < -0.3 is 19.7 Å². The van der Waals surface area contributed by atoms with Crippen molar-refractivity contribution in [3.63, 3.8) is 0 Å². The van der Waals surface area contributed by atoms with E-state index < -0.39 is 5.97 Å². The molecule has 5 heteroatoms. The lowest BCUT2D eigenvalue weighted by Gasteiger charge is -2.27. The molecule has 0 bridgehead atoms. The minimum Gasteiger partial charge on any atom is -0.481 e. The molecule has 2 N–H and O–H groups in total. The van der Waals surface area contributed by atoms with Crippen molar-refractivity contribution in [2.24, 2.45) is 17.8 Å². The summed E-state index contributed by atoms with van der Waals surface area (Å²) in [6, 6.07) is 10.5. The summed E-state index contributed by atoms with van der Waals surface area (Å²) in [5.41, 5.74) is 1.31. The summed E-state index contributed by atoms with van der Waals surface area (Å²) in [5.74, 6) is 0.148. The molecule has 1 aliphatic heterocycles. The van der Waals surface area contributed by atoms with E-state index >= 15 is 0 Å². The second-order valence-electron chi connectivity index (χ2n) is 9.89. The highest BCUT2D eigenvalue weighted by molar-refractivity contribution is 5.66. The lowest BCUT2D eigenvalue weighted by atomic mass is 9.86. The number of hydrogen-bond donors (Lipinski definition) is 2. The lowest BCUT2D eigenvalue weighted by Crippen LogP contribution is -2.27. The molecule has 5 nitrogen and oxygen atoms in total. The van der Waals surface area contributed by atoms with Gasteiger partial charge in [-0.25, -0.2) is 0 Å². The van der Waals surface area contributed by atoms with Crippen molar-refractivity contribution in [2.75, 3.05) is 6.61 Å². The fourth-order valence-corrected chi connectivity index (χ4v) is 5.21. The van der Waals surface area contributed by atoms with Gasteiger partial charge in [-0.3, -0.25) is 4.79 Å². The molecule has 2 fully saturated rings. The normalized spacial score (nSPS) is 28.6. The van der Waals surface area contributed by atoms with Crippen molar-refractivity contribution in [2.45, 2.75) is 89.6 Å². The molecule has 34 heavy (non-hydrogen) atoms. The van der Waals surface area contributed by atoms with Crippen LogP contribution in [0.2, 0.25) is 0 Å². The number of aryl methyl sites for hydroxylation is 1. The van der Waals surface area contributed by atoms with Gasteiger partial charge in [-0.1, -0.05) is 61.6 Å². The Kier molecular flexibility index (Phi) is 11.3. The van der Waals surface area contributed by atoms with E-state index in [0.717, 1.165) is 58.0 Å². The minimum absolute atomic E-state index is 0.0135. The van der Waals surface area contributed by atoms with Gasteiger partial charge in [-0.05, 0) is 81.1 Å². The smallest absolute Gasteiger partial charge is 0.303 e. The number of benzene rings is 1. The second-order valence-corrected chi connectivity index (χ2v) is 9.89. The van der Waals surface area contributed by atoms with Gasteiger partial charge >= 0.3 is 5.97 Å². The Morgan fingerprint density at radius 3 is 2.79 bits per heavy atom.